The topological polar surface area (TPSA) is 92.8 Å². The summed E-state index contributed by atoms with van der Waals surface area (Å²) in [7, 11) is -4.30. The molecule has 0 amide bonds. The number of hydrogen-bond acceptors (Lipinski definition) is 5. The van der Waals surface area contributed by atoms with Gasteiger partial charge in [0.25, 0.3) is 0 Å². The second kappa shape index (κ2) is 7.44. The summed E-state index contributed by atoms with van der Waals surface area (Å²) in [6.45, 7) is 0.299. The van der Waals surface area contributed by atoms with Crippen molar-refractivity contribution < 1.29 is 26.0 Å². The fourth-order valence-electron chi connectivity index (χ4n) is 2.39. The summed E-state index contributed by atoms with van der Waals surface area (Å²) >= 11 is 0. The molecule has 0 aromatic heterocycles. The van der Waals surface area contributed by atoms with Crippen molar-refractivity contribution in [3.63, 3.8) is 0 Å². The molecule has 0 spiro atoms. The van der Waals surface area contributed by atoms with E-state index >= 15 is 0 Å². The van der Waals surface area contributed by atoms with Crippen LogP contribution in [0, 0.1) is 11.7 Å². The molecule has 2 rings (SSSR count). The maximum atomic E-state index is 12.9. The van der Waals surface area contributed by atoms with E-state index in [1.54, 1.807) is 0 Å². The molecule has 0 radical (unpaired) electrons. The van der Waals surface area contributed by atoms with Crippen LogP contribution in [0.4, 0.5) is 4.39 Å². The smallest absolute Gasteiger partial charge is 0.216 e. The first kappa shape index (κ1) is 19.3. The zero-order valence-corrected chi connectivity index (χ0v) is 15.1. The average molecular weight is 380 g/mol. The average Bonchev–Trinajstić information content (AvgIpc) is 2.86. The molecule has 2 atom stereocenters. The van der Waals surface area contributed by atoms with Gasteiger partial charge in [0.05, 0.1) is 30.8 Å². The highest BCUT2D eigenvalue weighted by Crippen LogP contribution is 2.19. The summed E-state index contributed by atoms with van der Waals surface area (Å²) in [5.74, 6) is -1.40. The van der Waals surface area contributed by atoms with Crippen molar-refractivity contribution in [1.82, 2.24) is 9.03 Å². The number of halogens is 1. The van der Waals surface area contributed by atoms with Crippen LogP contribution in [0.15, 0.2) is 24.3 Å². The summed E-state index contributed by atoms with van der Waals surface area (Å²) in [5.41, 5.74) is 0.445. The Hall–Kier alpha value is -1.07. The zero-order chi connectivity index (χ0) is 18.0. The summed E-state index contributed by atoms with van der Waals surface area (Å²) in [6.07, 6.45) is 0. The van der Waals surface area contributed by atoms with Crippen LogP contribution in [0.2, 0.25) is 0 Å². The third kappa shape index (κ3) is 5.21. The normalized spacial score (nSPS) is 22.2. The molecule has 10 heteroatoms. The van der Waals surface area contributed by atoms with Gasteiger partial charge in [-0.15, -0.1) is 0 Å². The Morgan fingerprint density at radius 2 is 1.79 bits per heavy atom. The highest BCUT2D eigenvalue weighted by molar-refractivity contribution is 7.89. The van der Waals surface area contributed by atoms with E-state index in [4.69, 9.17) is 4.74 Å². The zero-order valence-electron chi connectivity index (χ0n) is 13.5. The molecule has 1 N–H and O–H groups in total. The third-order valence-electron chi connectivity index (χ3n) is 3.78. The molecule has 136 valence electrons. The molecule has 7 nitrogen and oxygen atoms in total. The first-order chi connectivity index (χ1) is 11.1. The highest BCUT2D eigenvalue weighted by atomic mass is 32.2. The molecule has 1 fully saturated rings. The second-order valence-corrected chi connectivity index (χ2v) is 9.95. The van der Waals surface area contributed by atoms with Crippen molar-refractivity contribution in [1.29, 1.82) is 0 Å². The Morgan fingerprint density at radius 3 is 2.38 bits per heavy atom. The maximum Gasteiger partial charge on any atom is 0.216 e. The molecular formula is C14H21FN2O5S2. The number of nitrogens with one attached hydrogen (secondary N) is 1. The summed E-state index contributed by atoms with van der Waals surface area (Å²) in [5, 5.41) is 0. The van der Waals surface area contributed by atoms with E-state index < -0.39 is 37.8 Å². The van der Waals surface area contributed by atoms with E-state index in [2.05, 4.69) is 4.72 Å². The minimum Gasteiger partial charge on any atom is -0.379 e. The van der Waals surface area contributed by atoms with Crippen LogP contribution in [-0.2, 0) is 30.5 Å². The minimum absolute atomic E-state index is 0.121. The van der Waals surface area contributed by atoms with Crippen molar-refractivity contribution in [3.05, 3.63) is 35.6 Å². The van der Waals surface area contributed by atoms with Gasteiger partial charge in [0.1, 0.15) is 5.82 Å². The predicted molar refractivity (Wildman–Crippen MR) is 87.7 cm³/mol. The van der Waals surface area contributed by atoms with Crippen molar-refractivity contribution >= 4 is 20.0 Å². The van der Waals surface area contributed by atoms with Gasteiger partial charge in [-0.25, -0.2) is 30.3 Å². The summed E-state index contributed by atoms with van der Waals surface area (Å²) < 4.78 is 70.2. The van der Waals surface area contributed by atoms with Crippen LogP contribution < -0.4 is 4.72 Å². The van der Waals surface area contributed by atoms with Gasteiger partial charge in [-0.1, -0.05) is 12.1 Å². The molecule has 1 aromatic rings. The fraction of sp³-hybridized carbons (Fsp3) is 0.571. The monoisotopic (exact) mass is 380 g/mol. The van der Waals surface area contributed by atoms with Gasteiger partial charge < -0.3 is 4.74 Å². The molecule has 1 saturated heterocycles. The van der Waals surface area contributed by atoms with Crippen molar-refractivity contribution in [3.8, 4) is 0 Å². The van der Waals surface area contributed by atoms with Crippen molar-refractivity contribution in [2.75, 3.05) is 33.1 Å². The van der Waals surface area contributed by atoms with Gasteiger partial charge in [0.2, 0.25) is 20.0 Å². The van der Waals surface area contributed by atoms with E-state index in [0.717, 1.165) is 4.31 Å². The van der Waals surface area contributed by atoms with E-state index in [1.165, 1.54) is 38.4 Å². The molecule has 0 bridgehead atoms. The lowest BCUT2D eigenvalue weighted by atomic mass is 10.1. The standard InChI is InChI=1S/C14H21FN2O5S2/c1-17(2)24(20,21)10-12-7-22-8-14(12)16-23(18,19)9-11-3-5-13(15)6-4-11/h3-6,12,14,16H,7-10H2,1-2H3/t12-,14-/m0/s1. The van der Waals surface area contributed by atoms with Crippen LogP contribution in [0.5, 0.6) is 0 Å². The first-order valence-electron chi connectivity index (χ1n) is 7.31. The van der Waals surface area contributed by atoms with Gasteiger partial charge in [-0.05, 0) is 17.7 Å². The lowest BCUT2D eigenvalue weighted by molar-refractivity contribution is 0.185. The molecule has 1 aromatic carbocycles. The molecule has 1 heterocycles. The molecule has 0 saturated carbocycles. The first-order valence-corrected chi connectivity index (χ1v) is 10.6. The maximum absolute atomic E-state index is 12.9. The molecule has 0 unspecified atom stereocenters. The van der Waals surface area contributed by atoms with E-state index in [0.29, 0.717) is 5.56 Å². The van der Waals surface area contributed by atoms with Crippen molar-refractivity contribution in [2.45, 2.75) is 11.8 Å². The SMILES string of the molecule is CN(C)S(=O)(=O)C[C@@H]1COC[C@@H]1NS(=O)(=O)Cc1ccc(F)cc1. The number of nitrogens with zero attached hydrogens (tertiary/aromatic N) is 1. The second-order valence-electron chi connectivity index (χ2n) is 5.97. The van der Waals surface area contributed by atoms with Gasteiger partial charge in [0.15, 0.2) is 0 Å². The molecule has 1 aliphatic heterocycles. The molecule has 24 heavy (non-hydrogen) atoms. The molecule has 1 aliphatic rings. The summed E-state index contributed by atoms with van der Waals surface area (Å²) in [4.78, 5) is 0. The number of ether oxygens (including phenoxy) is 1. The van der Waals surface area contributed by atoms with Gasteiger partial charge in [0, 0.05) is 20.0 Å². The largest absolute Gasteiger partial charge is 0.379 e. The lowest BCUT2D eigenvalue weighted by Crippen LogP contribution is -2.43. The predicted octanol–water partition coefficient (Wildman–Crippen LogP) is 0.152. The minimum atomic E-state index is -3.70. The van der Waals surface area contributed by atoms with E-state index in [1.807, 2.05) is 0 Å². The Labute approximate surface area is 141 Å². The lowest BCUT2D eigenvalue weighted by Gasteiger charge is -2.21. The van der Waals surface area contributed by atoms with Gasteiger partial charge in [-0.2, -0.15) is 0 Å². The van der Waals surface area contributed by atoms with E-state index in [-0.39, 0.29) is 24.7 Å². The molecule has 0 aliphatic carbocycles. The van der Waals surface area contributed by atoms with Gasteiger partial charge >= 0.3 is 0 Å². The van der Waals surface area contributed by atoms with Gasteiger partial charge in [-0.3, -0.25) is 0 Å². The Bertz CT molecular complexity index is 763. The summed E-state index contributed by atoms with van der Waals surface area (Å²) in [6, 6.07) is 4.57. The number of rotatable bonds is 7. The number of benzene rings is 1. The number of sulfonamides is 2. The van der Waals surface area contributed by atoms with E-state index in [9.17, 15) is 21.2 Å². The van der Waals surface area contributed by atoms with Crippen LogP contribution in [0.3, 0.4) is 0 Å². The molecular weight excluding hydrogens is 359 g/mol. The Morgan fingerprint density at radius 1 is 1.17 bits per heavy atom. The quantitative estimate of drug-likeness (QED) is 0.727. The third-order valence-corrected chi connectivity index (χ3v) is 7.12. The van der Waals surface area contributed by atoms with Crippen molar-refractivity contribution in [2.24, 2.45) is 5.92 Å². The Balaban J connectivity index is 2.03. The number of hydrogen-bond donors (Lipinski definition) is 1. The van der Waals surface area contributed by atoms with Crippen LogP contribution in [-0.4, -0.2) is 60.2 Å². The highest BCUT2D eigenvalue weighted by Gasteiger charge is 2.35. The van der Waals surface area contributed by atoms with Crippen LogP contribution >= 0.6 is 0 Å². The van der Waals surface area contributed by atoms with Crippen LogP contribution in [0.25, 0.3) is 0 Å². The Kier molecular flexibility index (Phi) is 5.97. The van der Waals surface area contributed by atoms with Crippen LogP contribution in [0.1, 0.15) is 5.56 Å². The fourth-order valence-corrected chi connectivity index (χ4v) is 4.99.